The molecule has 1 rings (SSSR count). The van der Waals surface area contributed by atoms with Gasteiger partial charge in [0, 0.05) is 0 Å². The zero-order valence-corrected chi connectivity index (χ0v) is 12.0. The topological polar surface area (TPSA) is 44.8 Å². The van der Waals surface area contributed by atoms with E-state index < -0.39 is 26.2 Å². The van der Waals surface area contributed by atoms with Gasteiger partial charge in [0.1, 0.15) is 5.82 Å². The van der Waals surface area contributed by atoms with Gasteiger partial charge in [-0.25, -0.2) is 17.7 Å². The Hall–Kier alpha value is -0.880. The number of halogens is 3. The lowest BCUT2D eigenvalue weighted by molar-refractivity contribution is -0.0173. The minimum atomic E-state index is -4.08. The quantitative estimate of drug-likeness (QED) is 0.670. The largest absolute Gasteiger partial charge is 0.475 e. The first-order valence-electron chi connectivity index (χ1n) is 6.03. The van der Waals surface area contributed by atoms with Crippen LogP contribution < -0.4 is 0 Å². The van der Waals surface area contributed by atoms with Crippen molar-refractivity contribution < 1.29 is 31.3 Å². The van der Waals surface area contributed by atoms with Gasteiger partial charge in [0.2, 0.25) is 0 Å². The smallest absolute Gasteiger partial charge is 0.287 e. The van der Waals surface area contributed by atoms with Crippen LogP contribution in [0.4, 0.5) is 13.2 Å². The molecule has 0 aliphatic rings. The molecule has 1 aromatic carbocycles. The van der Waals surface area contributed by atoms with Gasteiger partial charge in [-0.05, 0) is 31.5 Å². The van der Waals surface area contributed by atoms with E-state index in [1.165, 1.54) is 13.8 Å². The number of hydrogen-bond donors (Lipinski definition) is 0. The van der Waals surface area contributed by atoms with Crippen LogP contribution in [0.5, 0.6) is 0 Å². The van der Waals surface area contributed by atoms with Crippen molar-refractivity contribution in [3.05, 3.63) is 35.6 Å². The molecule has 0 saturated heterocycles. The lowest BCUT2D eigenvalue weighted by atomic mass is 10.1. The lowest BCUT2D eigenvalue weighted by Crippen LogP contribution is -2.14. The highest BCUT2D eigenvalue weighted by molar-refractivity contribution is 7.48. The van der Waals surface area contributed by atoms with E-state index in [1.807, 2.05) is 0 Å². The van der Waals surface area contributed by atoms with Crippen LogP contribution in [0.25, 0.3) is 0 Å². The summed E-state index contributed by atoms with van der Waals surface area (Å²) in [6.45, 7) is 3.03. The van der Waals surface area contributed by atoms with Gasteiger partial charge in [-0.1, -0.05) is 12.1 Å². The highest BCUT2D eigenvalue weighted by atomic mass is 31.2. The average molecular weight is 312 g/mol. The number of rotatable bonds is 8. The van der Waals surface area contributed by atoms with Crippen LogP contribution in [0.15, 0.2) is 24.3 Å². The van der Waals surface area contributed by atoms with E-state index in [4.69, 9.17) is 13.6 Å². The van der Waals surface area contributed by atoms with Gasteiger partial charge in [-0.2, -0.15) is 0 Å². The van der Waals surface area contributed by atoms with Crippen LogP contribution in [0, 0.1) is 5.82 Å². The van der Waals surface area contributed by atoms with E-state index in [-0.39, 0.29) is 18.8 Å². The first kappa shape index (κ1) is 17.2. The Morgan fingerprint density at radius 3 is 2.00 bits per heavy atom. The molecule has 20 heavy (non-hydrogen) atoms. The van der Waals surface area contributed by atoms with Gasteiger partial charge in [0.15, 0.2) is 6.10 Å². The van der Waals surface area contributed by atoms with Crippen molar-refractivity contribution in [3.63, 3.8) is 0 Å². The Morgan fingerprint density at radius 1 is 1.10 bits per heavy atom. The van der Waals surface area contributed by atoms with E-state index >= 15 is 0 Å². The summed E-state index contributed by atoms with van der Waals surface area (Å²) in [6, 6.07) is 4.30. The highest BCUT2D eigenvalue weighted by Gasteiger charge is 2.35. The number of phosphoric acid groups is 1. The SMILES string of the molecule is CCOP(=O)(OCC)O[C@@H](c1ccc(F)cc1)C(F)F. The number of hydrogen-bond acceptors (Lipinski definition) is 4. The third kappa shape index (κ3) is 4.90. The van der Waals surface area contributed by atoms with Gasteiger partial charge in [-0.3, -0.25) is 13.6 Å². The summed E-state index contributed by atoms with van der Waals surface area (Å²) < 4.78 is 65.4. The van der Waals surface area contributed by atoms with Crippen molar-refractivity contribution in [2.24, 2.45) is 0 Å². The maximum atomic E-state index is 13.0. The van der Waals surface area contributed by atoms with Crippen molar-refractivity contribution in [1.82, 2.24) is 0 Å². The van der Waals surface area contributed by atoms with Crippen LogP contribution in [0.2, 0.25) is 0 Å². The number of phosphoric ester groups is 1. The molecule has 1 atom stereocenters. The zero-order valence-electron chi connectivity index (χ0n) is 11.1. The first-order valence-corrected chi connectivity index (χ1v) is 7.49. The Kier molecular flexibility index (Phi) is 6.68. The molecule has 0 aromatic heterocycles. The third-order valence-electron chi connectivity index (χ3n) is 2.24. The maximum absolute atomic E-state index is 13.0. The predicted octanol–water partition coefficient (Wildman–Crippen LogP) is 4.33. The second kappa shape index (κ2) is 7.78. The van der Waals surface area contributed by atoms with Crippen LogP contribution in [-0.4, -0.2) is 19.6 Å². The Bertz CT molecular complexity index is 443. The highest BCUT2D eigenvalue weighted by Crippen LogP contribution is 2.54. The minimum absolute atomic E-state index is 0.0129. The Labute approximate surface area is 115 Å². The number of alkyl halides is 2. The van der Waals surface area contributed by atoms with Crippen molar-refractivity contribution in [2.45, 2.75) is 26.4 Å². The summed E-state index contributed by atoms with van der Waals surface area (Å²) in [7, 11) is -4.08. The fourth-order valence-electron chi connectivity index (χ4n) is 1.46. The summed E-state index contributed by atoms with van der Waals surface area (Å²) in [5.41, 5.74) is -0.0129. The van der Waals surface area contributed by atoms with Gasteiger partial charge >= 0.3 is 7.82 Å². The zero-order chi connectivity index (χ0) is 15.2. The van der Waals surface area contributed by atoms with E-state index in [9.17, 15) is 17.7 Å². The summed E-state index contributed by atoms with van der Waals surface area (Å²) in [5, 5.41) is 0. The first-order chi connectivity index (χ1) is 9.41. The van der Waals surface area contributed by atoms with Gasteiger partial charge in [0.25, 0.3) is 6.43 Å². The Morgan fingerprint density at radius 2 is 1.60 bits per heavy atom. The standard InChI is InChI=1S/C12H16F3O4P/c1-3-17-20(16,18-4-2)19-11(12(14)15)9-5-7-10(13)8-6-9/h5-8,11-12H,3-4H2,1-2H3/t11-/m0/s1. The van der Waals surface area contributed by atoms with E-state index in [1.54, 1.807) is 0 Å². The van der Waals surface area contributed by atoms with Crippen molar-refractivity contribution in [3.8, 4) is 0 Å². The normalized spacial score (nSPS) is 13.7. The molecular weight excluding hydrogens is 296 g/mol. The molecule has 0 radical (unpaired) electrons. The fourth-order valence-corrected chi connectivity index (χ4v) is 2.78. The molecule has 8 heteroatoms. The van der Waals surface area contributed by atoms with E-state index in [0.29, 0.717) is 0 Å². The van der Waals surface area contributed by atoms with Gasteiger partial charge < -0.3 is 0 Å². The molecule has 0 heterocycles. The molecule has 0 amide bonds. The van der Waals surface area contributed by atoms with Gasteiger partial charge in [-0.15, -0.1) is 0 Å². The second-order valence-electron chi connectivity index (χ2n) is 3.69. The molecule has 114 valence electrons. The summed E-state index contributed by atoms with van der Waals surface area (Å²) >= 11 is 0. The van der Waals surface area contributed by atoms with Crippen molar-refractivity contribution in [1.29, 1.82) is 0 Å². The molecule has 0 fully saturated rings. The third-order valence-corrected chi connectivity index (χ3v) is 3.88. The Balaban J connectivity index is 2.96. The monoisotopic (exact) mass is 312 g/mol. The fraction of sp³-hybridized carbons (Fsp3) is 0.500. The molecule has 4 nitrogen and oxygen atoms in total. The molecule has 0 aliphatic heterocycles. The second-order valence-corrected chi connectivity index (χ2v) is 5.32. The van der Waals surface area contributed by atoms with E-state index in [2.05, 4.69) is 0 Å². The van der Waals surface area contributed by atoms with Crippen LogP contribution in [-0.2, 0) is 18.1 Å². The molecule has 1 aromatic rings. The lowest BCUT2D eigenvalue weighted by Gasteiger charge is -2.23. The van der Waals surface area contributed by atoms with Crippen molar-refractivity contribution >= 4 is 7.82 Å². The van der Waals surface area contributed by atoms with E-state index in [0.717, 1.165) is 24.3 Å². The molecule has 0 aliphatic carbocycles. The minimum Gasteiger partial charge on any atom is -0.287 e. The van der Waals surface area contributed by atoms with Gasteiger partial charge in [0.05, 0.1) is 13.2 Å². The summed E-state index contributed by atoms with van der Waals surface area (Å²) in [5.74, 6) is -0.570. The summed E-state index contributed by atoms with van der Waals surface area (Å²) in [6.07, 6.45) is -4.78. The molecule has 0 unspecified atom stereocenters. The maximum Gasteiger partial charge on any atom is 0.475 e. The summed E-state index contributed by atoms with van der Waals surface area (Å²) in [4.78, 5) is 0. The molecule has 0 N–H and O–H groups in total. The van der Waals surface area contributed by atoms with Crippen molar-refractivity contribution in [2.75, 3.05) is 13.2 Å². The molecular formula is C12H16F3O4P. The molecule has 0 saturated carbocycles. The average Bonchev–Trinajstić information content (AvgIpc) is 2.37. The van der Waals surface area contributed by atoms with Crippen LogP contribution >= 0.6 is 7.82 Å². The van der Waals surface area contributed by atoms with Crippen LogP contribution in [0.3, 0.4) is 0 Å². The predicted molar refractivity (Wildman–Crippen MR) is 67.1 cm³/mol. The molecule has 0 bridgehead atoms. The van der Waals surface area contributed by atoms with Crippen LogP contribution in [0.1, 0.15) is 25.5 Å². The number of benzene rings is 1. The molecule has 0 spiro atoms.